The van der Waals surface area contributed by atoms with Crippen molar-refractivity contribution in [3.05, 3.63) is 59.7 Å². The quantitative estimate of drug-likeness (QED) is 0.776. The molecule has 0 aromatic heterocycles. The summed E-state index contributed by atoms with van der Waals surface area (Å²) in [6.45, 7) is 5.69. The van der Waals surface area contributed by atoms with E-state index in [0.29, 0.717) is 12.2 Å². The summed E-state index contributed by atoms with van der Waals surface area (Å²) in [6, 6.07) is 18.2. The third-order valence-electron chi connectivity index (χ3n) is 4.80. The Hall–Kier alpha value is -1.96. The van der Waals surface area contributed by atoms with Crippen LogP contribution in [0, 0.1) is 6.92 Å². The van der Waals surface area contributed by atoms with Gasteiger partial charge in [0.05, 0.1) is 12.2 Å². The Balaban J connectivity index is 1.79. The molecule has 4 rings (SSSR count). The Morgan fingerprint density at radius 1 is 0.950 bits per heavy atom. The van der Waals surface area contributed by atoms with Crippen LogP contribution in [0.5, 0.6) is 0 Å². The molecule has 1 saturated heterocycles. The van der Waals surface area contributed by atoms with Gasteiger partial charge in [0, 0.05) is 17.9 Å². The fourth-order valence-electron chi connectivity index (χ4n) is 3.85. The average Bonchev–Trinajstić information content (AvgIpc) is 2.73. The first-order chi connectivity index (χ1) is 9.75. The molecule has 0 N–H and O–H groups in total. The van der Waals surface area contributed by atoms with Crippen LogP contribution in [-0.2, 0) is 6.42 Å². The van der Waals surface area contributed by atoms with Crippen LogP contribution in [0.25, 0.3) is 0 Å². The molecule has 0 amide bonds. The number of hydrogen-bond donors (Lipinski definition) is 0. The summed E-state index contributed by atoms with van der Waals surface area (Å²) in [5, 5.41) is 0. The fourth-order valence-corrected chi connectivity index (χ4v) is 3.85. The van der Waals surface area contributed by atoms with Gasteiger partial charge in [0.2, 0.25) is 0 Å². The lowest BCUT2D eigenvalue weighted by Crippen LogP contribution is -2.38. The van der Waals surface area contributed by atoms with Gasteiger partial charge in [-0.05, 0) is 43.5 Å². The van der Waals surface area contributed by atoms with Crippen LogP contribution < -0.4 is 9.80 Å². The first-order valence-electron chi connectivity index (χ1n) is 7.44. The zero-order valence-corrected chi connectivity index (χ0v) is 12.1. The van der Waals surface area contributed by atoms with E-state index < -0.39 is 0 Å². The highest BCUT2D eigenvalue weighted by molar-refractivity contribution is 5.66. The number of hydrogen-bond acceptors (Lipinski definition) is 2. The standard InChI is InChI=1S/C18H20N2/c1-13-7-3-5-9-17(13)20-14(2)19-12-16(20)11-15-8-4-6-10-18(15)19/h3-10,14,16H,11-12H2,1-2H3/t14-,16?/m0/s1. The number of aryl methyl sites for hydroxylation is 1. The van der Waals surface area contributed by atoms with Crippen molar-refractivity contribution in [2.45, 2.75) is 32.5 Å². The normalized spacial score (nSPS) is 23.9. The van der Waals surface area contributed by atoms with Crippen LogP contribution in [0.3, 0.4) is 0 Å². The Kier molecular flexibility index (Phi) is 2.53. The maximum Gasteiger partial charge on any atom is 0.0991 e. The second kappa shape index (κ2) is 4.27. The molecule has 2 aliphatic heterocycles. The summed E-state index contributed by atoms with van der Waals surface area (Å²) < 4.78 is 0. The van der Waals surface area contributed by atoms with E-state index >= 15 is 0 Å². The molecular weight excluding hydrogens is 244 g/mol. The minimum Gasteiger partial charge on any atom is -0.349 e. The molecule has 20 heavy (non-hydrogen) atoms. The highest BCUT2D eigenvalue weighted by atomic mass is 15.4. The van der Waals surface area contributed by atoms with Crippen LogP contribution >= 0.6 is 0 Å². The van der Waals surface area contributed by atoms with E-state index in [1.165, 1.54) is 22.5 Å². The van der Waals surface area contributed by atoms with Gasteiger partial charge in [0.25, 0.3) is 0 Å². The zero-order valence-electron chi connectivity index (χ0n) is 12.1. The first kappa shape index (κ1) is 11.8. The molecular formula is C18H20N2. The van der Waals surface area contributed by atoms with Gasteiger partial charge >= 0.3 is 0 Å². The Labute approximate surface area is 120 Å². The van der Waals surface area contributed by atoms with Crippen molar-refractivity contribution < 1.29 is 0 Å². The smallest absolute Gasteiger partial charge is 0.0991 e. The topological polar surface area (TPSA) is 6.48 Å². The second-order valence-electron chi connectivity index (χ2n) is 5.96. The summed E-state index contributed by atoms with van der Waals surface area (Å²) in [6.07, 6.45) is 1.59. The molecule has 2 aliphatic rings. The van der Waals surface area contributed by atoms with E-state index in [9.17, 15) is 0 Å². The average molecular weight is 264 g/mol. The highest BCUT2D eigenvalue weighted by Crippen LogP contribution is 2.40. The van der Waals surface area contributed by atoms with E-state index in [4.69, 9.17) is 0 Å². The summed E-state index contributed by atoms with van der Waals surface area (Å²) >= 11 is 0. The summed E-state index contributed by atoms with van der Waals surface area (Å²) in [4.78, 5) is 5.16. The van der Waals surface area contributed by atoms with Crippen molar-refractivity contribution in [1.82, 2.24) is 0 Å². The van der Waals surface area contributed by atoms with E-state index in [0.717, 1.165) is 13.0 Å². The number of fused-ring (bicyclic) bond motifs is 4. The van der Waals surface area contributed by atoms with Gasteiger partial charge in [0.1, 0.15) is 0 Å². The largest absolute Gasteiger partial charge is 0.349 e. The lowest BCUT2D eigenvalue weighted by atomic mass is 9.99. The van der Waals surface area contributed by atoms with Gasteiger partial charge in [-0.1, -0.05) is 36.4 Å². The Morgan fingerprint density at radius 3 is 2.45 bits per heavy atom. The van der Waals surface area contributed by atoms with Crippen molar-refractivity contribution in [3.8, 4) is 0 Å². The predicted octanol–water partition coefficient (Wildman–Crippen LogP) is 3.59. The van der Waals surface area contributed by atoms with Crippen LogP contribution in [0.2, 0.25) is 0 Å². The molecule has 0 radical (unpaired) electrons. The van der Waals surface area contributed by atoms with Crippen molar-refractivity contribution in [2.24, 2.45) is 0 Å². The van der Waals surface area contributed by atoms with E-state index in [1.807, 2.05) is 0 Å². The number of rotatable bonds is 1. The van der Waals surface area contributed by atoms with Crippen molar-refractivity contribution >= 4 is 11.4 Å². The van der Waals surface area contributed by atoms with Crippen molar-refractivity contribution in [2.75, 3.05) is 16.3 Å². The number of anilines is 2. The molecule has 2 bridgehead atoms. The van der Waals surface area contributed by atoms with Gasteiger partial charge in [-0.2, -0.15) is 0 Å². The SMILES string of the molecule is Cc1ccccc1N1C2Cc3ccccc3N(C2)[C@@H]1C. The molecule has 1 unspecified atom stereocenters. The third kappa shape index (κ3) is 1.57. The lowest BCUT2D eigenvalue weighted by molar-refractivity contribution is 0.664. The monoisotopic (exact) mass is 264 g/mol. The fraction of sp³-hybridized carbons (Fsp3) is 0.333. The number of nitrogens with zero attached hydrogens (tertiary/aromatic N) is 2. The molecule has 102 valence electrons. The maximum atomic E-state index is 2.61. The number of benzene rings is 2. The van der Waals surface area contributed by atoms with E-state index in [2.05, 4.69) is 72.2 Å². The van der Waals surface area contributed by atoms with Crippen molar-refractivity contribution in [3.63, 3.8) is 0 Å². The van der Waals surface area contributed by atoms with Gasteiger partial charge < -0.3 is 9.80 Å². The summed E-state index contributed by atoms with van der Waals surface area (Å²) in [5.41, 5.74) is 5.68. The molecule has 2 aromatic carbocycles. The predicted molar refractivity (Wildman–Crippen MR) is 84.4 cm³/mol. The molecule has 2 nitrogen and oxygen atoms in total. The minimum absolute atomic E-state index is 0.435. The second-order valence-corrected chi connectivity index (χ2v) is 5.96. The maximum absolute atomic E-state index is 2.61. The van der Waals surface area contributed by atoms with Crippen molar-refractivity contribution in [1.29, 1.82) is 0 Å². The molecule has 2 atom stereocenters. The van der Waals surface area contributed by atoms with Crippen LogP contribution in [-0.4, -0.2) is 18.8 Å². The molecule has 2 heterocycles. The lowest BCUT2D eigenvalue weighted by Gasteiger charge is -2.30. The Bertz CT molecular complexity index is 647. The molecule has 2 heteroatoms. The highest BCUT2D eigenvalue weighted by Gasteiger charge is 2.41. The van der Waals surface area contributed by atoms with Gasteiger partial charge in [-0.3, -0.25) is 0 Å². The molecule has 0 saturated carbocycles. The minimum atomic E-state index is 0.435. The zero-order chi connectivity index (χ0) is 13.7. The van der Waals surface area contributed by atoms with Gasteiger partial charge in [-0.15, -0.1) is 0 Å². The van der Waals surface area contributed by atoms with Crippen LogP contribution in [0.15, 0.2) is 48.5 Å². The van der Waals surface area contributed by atoms with E-state index in [-0.39, 0.29) is 0 Å². The number of para-hydroxylation sites is 2. The van der Waals surface area contributed by atoms with Crippen LogP contribution in [0.4, 0.5) is 11.4 Å². The molecule has 1 fully saturated rings. The first-order valence-corrected chi connectivity index (χ1v) is 7.44. The summed E-state index contributed by atoms with van der Waals surface area (Å²) in [7, 11) is 0. The Morgan fingerprint density at radius 2 is 1.65 bits per heavy atom. The van der Waals surface area contributed by atoms with Crippen LogP contribution in [0.1, 0.15) is 18.1 Å². The third-order valence-corrected chi connectivity index (χ3v) is 4.80. The van der Waals surface area contributed by atoms with E-state index in [1.54, 1.807) is 0 Å². The molecule has 0 aliphatic carbocycles. The molecule has 2 aromatic rings. The van der Waals surface area contributed by atoms with Gasteiger partial charge in [0.15, 0.2) is 0 Å². The summed E-state index contributed by atoms with van der Waals surface area (Å²) in [5.74, 6) is 0. The molecule has 0 spiro atoms. The van der Waals surface area contributed by atoms with Gasteiger partial charge in [-0.25, -0.2) is 0 Å².